The van der Waals surface area contributed by atoms with Crippen LogP contribution in [0.3, 0.4) is 0 Å². The lowest BCUT2D eigenvalue weighted by Crippen LogP contribution is -2.30. The Kier molecular flexibility index (Phi) is 4.66. The fraction of sp³-hybridized carbons (Fsp3) is 0.381. The zero-order valence-electron chi connectivity index (χ0n) is 16.6. The van der Waals surface area contributed by atoms with Gasteiger partial charge >= 0.3 is 0 Å². The van der Waals surface area contributed by atoms with Crippen LogP contribution in [0, 0.1) is 6.92 Å². The van der Waals surface area contributed by atoms with E-state index >= 15 is 0 Å². The summed E-state index contributed by atoms with van der Waals surface area (Å²) in [5.74, 6) is 1.35. The number of aromatic nitrogens is 3. The maximum absolute atomic E-state index is 13.3. The van der Waals surface area contributed by atoms with Gasteiger partial charge in [0.1, 0.15) is 0 Å². The Morgan fingerprint density at radius 1 is 1.18 bits per heavy atom. The molecule has 0 saturated carbocycles. The molecule has 3 heterocycles. The normalized spacial score (nSPS) is 16.6. The Bertz CT molecular complexity index is 1040. The van der Waals surface area contributed by atoms with Crippen molar-refractivity contribution < 1.29 is 14.3 Å². The minimum atomic E-state index is -0.00469. The number of amides is 1. The van der Waals surface area contributed by atoms with Crippen LogP contribution >= 0.6 is 0 Å². The minimum Gasteiger partial charge on any atom is -0.493 e. The lowest BCUT2D eigenvalue weighted by atomic mass is 10.0. The second-order valence-corrected chi connectivity index (χ2v) is 7.08. The highest BCUT2D eigenvalue weighted by Crippen LogP contribution is 2.37. The fourth-order valence-electron chi connectivity index (χ4n) is 4.01. The van der Waals surface area contributed by atoms with Crippen LogP contribution < -0.4 is 9.47 Å². The molecule has 146 valence electrons. The number of rotatable bonds is 4. The zero-order chi connectivity index (χ0) is 19.8. The molecule has 0 radical (unpaired) electrons. The van der Waals surface area contributed by atoms with Gasteiger partial charge in [-0.25, -0.2) is 4.98 Å². The number of hydrogen-bond donors (Lipinski definition) is 0. The molecule has 0 bridgehead atoms. The topological polar surface area (TPSA) is 69.5 Å². The predicted octanol–water partition coefficient (Wildman–Crippen LogP) is 3.27. The molecule has 1 saturated heterocycles. The van der Waals surface area contributed by atoms with Crippen molar-refractivity contribution in [3.05, 3.63) is 47.3 Å². The second-order valence-electron chi connectivity index (χ2n) is 7.08. The largest absolute Gasteiger partial charge is 0.493 e. The number of nitrogens with zero attached hydrogens (tertiary/aromatic N) is 4. The number of fused-ring (bicyclic) bond motifs is 1. The number of ether oxygens (including phenoxy) is 2. The summed E-state index contributed by atoms with van der Waals surface area (Å²) in [6.45, 7) is 2.66. The Labute approximate surface area is 163 Å². The maximum atomic E-state index is 13.3. The van der Waals surface area contributed by atoms with E-state index in [1.54, 1.807) is 25.1 Å². The summed E-state index contributed by atoms with van der Waals surface area (Å²) in [6, 6.07) is 7.77. The van der Waals surface area contributed by atoms with Crippen LogP contribution in [0.2, 0.25) is 0 Å². The molecule has 7 nitrogen and oxygen atoms in total. The van der Waals surface area contributed by atoms with Crippen molar-refractivity contribution in [2.24, 2.45) is 7.05 Å². The Hall–Kier alpha value is -3.09. The molecule has 2 aromatic heterocycles. The average molecular weight is 380 g/mol. The number of methoxy groups -OCH3 is 2. The lowest BCUT2D eigenvalue weighted by Gasteiger charge is -2.25. The quantitative estimate of drug-likeness (QED) is 0.695. The van der Waals surface area contributed by atoms with Crippen molar-refractivity contribution in [1.82, 2.24) is 19.7 Å². The number of aryl methyl sites for hydroxylation is 2. The third-order valence-corrected chi connectivity index (χ3v) is 5.42. The number of hydrogen-bond acceptors (Lipinski definition) is 5. The van der Waals surface area contributed by atoms with E-state index < -0.39 is 0 Å². The van der Waals surface area contributed by atoms with Gasteiger partial charge in [-0.1, -0.05) is 6.07 Å². The van der Waals surface area contributed by atoms with Gasteiger partial charge in [0.2, 0.25) is 0 Å². The van der Waals surface area contributed by atoms with Crippen molar-refractivity contribution in [2.45, 2.75) is 25.8 Å². The van der Waals surface area contributed by atoms with E-state index in [1.165, 1.54) is 0 Å². The standard InChI is InChI=1S/C21H24N4O3/c1-13-16-10-15(12-22-20(16)24(2)23-13)21(26)25-9-5-6-17(25)14-7-8-18(27-3)19(11-14)28-4/h7-8,10-12,17H,5-6,9H2,1-4H3/t17-/m0/s1. The van der Waals surface area contributed by atoms with E-state index in [2.05, 4.69) is 10.1 Å². The first-order chi connectivity index (χ1) is 13.5. The van der Waals surface area contributed by atoms with Crippen LogP contribution in [-0.4, -0.2) is 46.3 Å². The number of carbonyl (C=O) groups is 1. The molecule has 0 spiro atoms. The molecule has 28 heavy (non-hydrogen) atoms. The third-order valence-electron chi connectivity index (χ3n) is 5.42. The van der Waals surface area contributed by atoms with Gasteiger partial charge in [0.25, 0.3) is 5.91 Å². The summed E-state index contributed by atoms with van der Waals surface area (Å²) >= 11 is 0. The van der Waals surface area contributed by atoms with Crippen LogP contribution in [0.25, 0.3) is 11.0 Å². The fourth-order valence-corrected chi connectivity index (χ4v) is 4.01. The molecular weight excluding hydrogens is 356 g/mol. The smallest absolute Gasteiger partial charge is 0.255 e. The first-order valence-corrected chi connectivity index (χ1v) is 9.35. The summed E-state index contributed by atoms with van der Waals surface area (Å²) in [4.78, 5) is 19.7. The van der Waals surface area contributed by atoms with Crippen molar-refractivity contribution in [3.8, 4) is 11.5 Å². The highest BCUT2D eigenvalue weighted by atomic mass is 16.5. The first-order valence-electron chi connectivity index (χ1n) is 9.35. The van der Waals surface area contributed by atoms with Gasteiger partial charge < -0.3 is 14.4 Å². The SMILES string of the molecule is COc1ccc([C@@H]2CCCN2C(=O)c2cnc3c(c2)c(C)nn3C)cc1OC. The third kappa shape index (κ3) is 2.96. The molecule has 1 atom stereocenters. The van der Waals surface area contributed by atoms with E-state index in [4.69, 9.17) is 9.47 Å². The average Bonchev–Trinajstić information content (AvgIpc) is 3.31. The number of carbonyl (C=O) groups excluding carboxylic acids is 1. The molecule has 0 unspecified atom stereocenters. The van der Waals surface area contributed by atoms with Gasteiger partial charge in [-0.15, -0.1) is 0 Å². The maximum Gasteiger partial charge on any atom is 0.255 e. The van der Waals surface area contributed by atoms with E-state index in [0.29, 0.717) is 17.1 Å². The van der Waals surface area contributed by atoms with Crippen molar-refractivity contribution in [3.63, 3.8) is 0 Å². The molecule has 4 rings (SSSR count). The Morgan fingerprint density at radius 3 is 2.71 bits per heavy atom. The highest BCUT2D eigenvalue weighted by molar-refractivity contribution is 5.97. The summed E-state index contributed by atoms with van der Waals surface area (Å²) < 4.78 is 12.5. The molecule has 1 aliphatic rings. The zero-order valence-corrected chi connectivity index (χ0v) is 16.6. The lowest BCUT2D eigenvalue weighted by molar-refractivity contribution is 0.0735. The van der Waals surface area contributed by atoms with Gasteiger partial charge in [0.15, 0.2) is 17.1 Å². The van der Waals surface area contributed by atoms with Crippen molar-refractivity contribution >= 4 is 16.9 Å². The van der Waals surface area contributed by atoms with Gasteiger partial charge in [0.05, 0.1) is 31.5 Å². The van der Waals surface area contributed by atoms with Crippen LogP contribution in [0.4, 0.5) is 0 Å². The minimum absolute atomic E-state index is 0.00469. The number of benzene rings is 1. The van der Waals surface area contributed by atoms with Gasteiger partial charge in [-0.2, -0.15) is 5.10 Å². The van der Waals surface area contributed by atoms with Crippen LogP contribution in [0.15, 0.2) is 30.5 Å². The van der Waals surface area contributed by atoms with E-state index in [0.717, 1.165) is 41.7 Å². The summed E-state index contributed by atoms with van der Waals surface area (Å²) in [6.07, 6.45) is 3.53. The first kappa shape index (κ1) is 18.3. The van der Waals surface area contributed by atoms with Crippen molar-refractivity contribution in [1.29, 1.82) is 0 Å². The molecule has 1 amide bonds. The van der Waals surface area contributed by atoms with E-state index in [-0.39, 0.29) is 11.9 Å². The molecule has 7 heteroatoms. The predicted molar refractivity (Wildman–Crippen MR) is 106 cm³/mol. The molecule has 0 aliphatic carbocycles. The molecule has 1 aromatic carbocycles. The van der Waals surface area contributed by atoms with Crippen LogP contribution in [-0.2, 0) is 7.05 Å². The van der Waals surface area contributed by atoms with Crippen LogP contribution in [0.5, 0.6) is 11.5 Å². The van der Waals surface area contributed by atoms with E-state index in [1.807, 2.05) is 43.1 Å². The molecule has 3 aromatic rings. The molecular formula is C21H24N4O3. The molecule has 1 fully saturated rings. The Balaban J connectivity index is 1.66. The summed E-state index contributed by atoms with van der Waals surface area (Å²) in [7, 11) is 5.10. The second kappa shape index (κ2) is 7.14. The highest BCUT2D eigenvalue weighted by Gasteiger charge is 2.31. The van der Waals surface area contributed by atoms with Gasteiger partial charge in [0, 0.05) is 25.2 Å². The van der Waals surface area contributed by atoms with Gasteiger partial charge in [-0.05, 0) is 43.5 Å². The van der Waals surface area contributed by atoms with Gasteiger partial charge in [-0.3, -0.25) is 9.48 Å². The number of likely N-dealkylation sites (tertiary alicyclic amines) is 1. The van der Waals surface area contributed by atoms with Crippen LogP contribution in [0.1, 0.15) is 40.5 Å². The Morgan fingerprint density at radius 2 is 1.96 bits per heavy atom. The molecule has 0 N–H and O–H groups in total. The van der Waals surface area contributed by atoms with Crippen molar-refractivity contribution in [2.75, 3.05) is 20.8 Å². The molecule has 1 aliphatic heterocycles. The summed E-state index contributed by atoms with van der Waals surface area (Å²) in [5.41, 5.74) is 3.30. The monoisotopic (exact) mass is 380 g/mol. The van der Waals surface area contributed by atoms with E-state index in [9.17, 15) is 4.79 Å². The summed E-state index contributed by atoms with van der Waals surface area (Å²) in [5, 5.41) is 5.30. The number of pyridine rings is 1.